The van der Waals surface area contributed by atoms with Crippen molar-refractivity contribution in [2.45, 2.75) is 70.5 Å². The molecule has 3 rings (SSSR count). The minimum absolute atomic E-state index is 0.00511. The summed E-state index contributed by atoms with van der Waals surface area (Å²) in [6.45, 7) is 2.51. The van der Waals surface area contributed by atoms with Crippen molar-refractivity contribution >= 4 is 58.7 Å². The maximum absolute atomic E-state index is 13.3. The Balaban J connectivity index is 1.43. The van der Waals surface area contributed by atoms with E-state index in [1.807, 2.05) is 24.3 Å². The number of hydrogen-bond acceptors (Lipinski definition) is 12. The van der Waals surface area contributed by atoms with Gasteiger partial charge in [-0.05, 0) is 37.0 Å². The zero-order valence-corrected chi connectivity index (χ0v) is 33.8. The Bertz CT molecular complexity index is 1850. The van der Waals surface area contributed by atoms with Crippen molar-refractivity contribution < 1.29 is 52.6 Å². The van der Waals surface area contributed by atoms with Crippen LogP contribution in [-0.4, -0.2) is 97.0 Å². The first-order chi connectivity index (χ1) is 28.3. The molecule has 0 saturated carbocycles. The summed E-state index contributed by atoms with van der Waals surface area (Å²) in [6, 6.07) is 22.6. The number of ether oxygens (including phenoxy) is 3. The fraction of sp³-hybridized carbons (Fsp3) is 0.366. The molecule has 316 valence electrons. The second-order valence-electron chi connectivity index (χ2n) is 13.1. The zero-order valence-electron chi connectivity index (χ0n) is 33.0. The van der Waals surface area contributed by atoms with Gasteiger partial charge in [0.25, 0.3) is 0 Å². The molecule has 3 aromatic carbocycles. The van der Waals surface area contributed by atoms with Crippen LogP contribution in [0.15, 0.2) is 91.0 Å². The van der Waals surface area contributed by atoms with Gasteiger partial charge < -0.3 is 46.1 Å². The number of benzene rings is 3. The number of esters is 1. The van der Waals surface area contributed by atoms with Gasteiger partial charge in [-0.15, -0.1) is 0 Å². The van der Waals surface area contributed by atoms with Crippen LogP contribution in [0.4, 0.5) is 9.59 Å². The molecule has 59 heavy (non-hydrogen) atoms. The van der Waals surface area contributed by atoms with Gasteiger partial charge in [0.2, 0.25) is 28.7 Å². The molecule has 17 nitrogen and oxygen atoms in total. The maximum Gasteiger partial charge on any atom is 0.408 e. The van der Waals surface area contributed by atoms with Crippen LogP contribution >= 0.6 is 11.8 Å². The van der Waals surface area contributed by atoms with E-state index in [1.165, 1.54) is 13.8 Å². The molecule has 3 aromatic rings. The molecule has 0 aliphatic heterocycles. The normalized spacial score (nSPS) is 12.5. The van der Waals surface area contributed by atoms with E-state index in [4.69, 9.17) is 14.2 Å². The highest BCUT2D eigenvalue weighted by Crippen LogP contribution is 2.10. The SMILES string of the molecule is COC(=O)[C@H](CSC(=O)[C@H](C)NC(=O)OCc1ccccc1)NC(=O)CNC(=O)[C@H](Cc1ccccc1)NC(=O)CCCNC(=O)[C@H](C)NC(=O)OCc1ccccc1. The predicted octanol–water partition coefficient (Wildman–Crippen LogP) is 2.27. The lowest BCUT2D eigenvalue weighted by atomic mass is 10.0. The van der Waals surface area contributed by atoms with Crippen molar-refractivity contribution in [3.05, 3.63) is 108 Å². The quantitative estimate of drug-likeness (QED) is 0.0486. The van der Waals surface area contributed by atoms with Gasteiger partial charge >= 0.3 is 18.2 Å². The van der Waals surface area contributed by atoms with Gasteiger partial charge in [-0.25, -0.2) is 14.4 Å². The highest BCUT2D eigenvalue weighted by Gasteiger charge is 2.27. The van der Waals surface area contributed by atoms with Gasteiger partial charge in [-0.1, -0.05) is 103 Å². The van der Waals surface area contributed by atoms with E-state index in [1.54, 1.807) is 66.7 Å². The molecule has 0 spiro atoms. The third-order valence-corrected chi connectivity index (χ3v) is 9.43. The Kier molecular flexibility index (Phi) is 20.5. The minimum Gasteiger partial charge on any atom is -0.467 e. The second-order valence-corrected chi connectivity index (χ2v) is 14.1. The topological polar surface area (TPSA) is 236 Å². The van der Waals surface area contributed by atoms with Gasteiger partial charge in [0.1, 0.15) is 31.3 Å². The highest BCUT2D eigenvalue weighted by atomic mass is 32.2. The smallest absolute Gasteiger partial charge is 0.408 e. The van der Waals surface area contributed by atoms with E-state index in [0.29, 0.717) is 11.8 Å². The third kappa shape index (κ3) is 18.6. The Morgan fingerprint density at radius 3 is 1.64 bits per heavy atom. The monoisotopic (exact) mass is 834 g/mol. The number of hydrogen-bond donors (Lipinski definition) is 6. The second kappa shape index (κ2) is 25.7. The van der Waals surface area contributed by atoms with Gasteiger partial charge in [0.15, 0.2) is 0 Å². The number of carbonyl (C=O) groups excluding carboxylic acids is 8. The van der Waals surface area contributed by atoms with Gasteiger partial charge in [0, 0.05) is 25.1 Å². The van der Waals surface area contributed by atoms with Crippen LogP contribution in [0.25, 0.3) is 0 Å². The lowest BCUT2D eigenvalue weighted by Gasteiger charge is -2.20. The Morgan fingerprint density at radius 2 is 1.10 bits per heavy atom. The molecule has 0 aliphatic carbocycles. The molecule has 0 fully saturated rings. The standard InChI is InChI=1S/C41H50N6O11S/c1-27(44-40(54)57-24-30-16-9-5-10-17-30)36(50)42-21-13-20-34(48)46-32(22-29-14-7-4-8-15-29)37(51)43-23-35(49)47-33(38(52)56-3)26-59-39(53)28(2)45-41(55)58-25-31-18-11-6-12-19-31/h4-12,14-19,27-28,32-33H,13,20-26H2,1-3H3,(H,42,50)(H,43,51)(H,44,54)(H,45,55)(H,46,48)(H,47,49)/t27-,28-,32-,33-/m0/s1. The molecule has 0 heterocycles. The Morgan fingerprint density at radius 1 is 0.593 bits per heavy atom. The largest absolute Gasteiger partial charge is 0.467 e. The summed E-state index contributed by atoms with van der Waals surface area (Å²) in [5.41, 5.74) is 2.28. The highest BCUT2D eigenvalue weighted by molar-refractivity contribution is 8.13. The van der Waals surface area contributed by atoms with Gasteiger partial charge in [0.05, 0.1) is 19.7 Å². The number of methoxy groups -OCH3 is 1. The molecule has 0 unspecified atom stereocenters. The van der Waals surface area contributed by atoms with Crippen LogP contribution in [0.5, 0.6) is 0 Å². The fourth-order valence-electron chi connectivity index (χ4n) is 5.08. The molecule has 18 heteroatoms. The lowest BCUT2D eigenvalue weighted by molar-refractivity contribution is -0.144. The summed E-state index contributed by atoms with van der Waals surface area (Å²) in [7, 11) is 1.11. The molecule has 4 atom stereocenters. The molecule has 0 saturated heterocycles. The fourth-order valence-corrected chi connectivity index (χ4v) is 5.94. The van der Waals surface area contributed by atoms with E-state index in [0.717, 1.165) is 23.8 Å². The number of carbonyl (C=O) groups is 8. The number of alkyl carbamates (subject to hydrolysis) is 2. The maximum atomic E-state index is 13.3. The van der Waals surface area contributed by atoms with Crippen LogP contribution in [0.1, 0.15) is 43.4 Å². The van der Waals surface area contributed by atoms with Gasteiger partial charge in [-0.2, -0.15) is 0 Å². The lowest BCUT2D eigenvalue weighted by Crippen LogP contribution is -2.52. The van der Waals surface area contributed by atoms with Crippen molar-refractivity contribution in [1.29, 1.82) is 0 Å². The Hall–Kier alpha value is -6.43. The first-order valence-corrected chi connectivity index (χ1v) is 19.7. The van der Waals surface area contributed by atoms with E-state index >= 15 is 0 Å². The predicted molar refractivity (Wildman–Crippen MR) is 217 cm³/mol. The zero-order chi connectivity index (χ0) is 43.0. The van der Waals surface area contributed by atoms with E-state index < -0.39 is 77.6 Å². The summed E-state index contributed by atoms with van der Waals surface area (Å²) < 4.78 is 15.0. The van der Waals surface area contributed by atoms with Crippen LogP contribution in [-0.2, 0) is 62.6 Å². The van der Waals surface area contributed by atoms with Crippen molar-refractivity contribution in [2.75, 3.05) is 26.0 Å². The molecule has 6 amide bonds. The van der Waals surface area contributed by atoms with E-state index in [9.17, 15) is 38.4 Å². The van der Waals surface area contributed by atoms with Crippen LogP contribution in [0.2, 0.25) is 0 Å². The van der Waals surface area contributed by atoms with Crippen LogP contribution < -0.4 is 31.9 Å². The molecule has 0 bridgehead atoms. The van der Waals surface area contributed by atoms with Crippen molar-refractivity contribution in [1.82, 2.24) is 31.9 Å². The van der Waals surface area contributed by atoms with Crippen LogP contribution in [0, 0.1) is 0 Å². The third-order valence-electron chi connectivity index (χ3n) is 8.29. The average molecular weight is 835 g/mol. The van der Waals surface area contributed by atoms with E-state index in [-0.39, 0.29) is 44.8 Å². The van der Waals surface area contributed by atoms with Gasteiger partial charge in [-0.3, -0.25) is 24.0 Å². The molecule has 6 N–H and O–H groups in total. The van der Waals surface area contributed by atoms with Crippen molar-refractivity contribution in [3.63, 3.8) is 0 Å². The molecule has 0 radical (unpaired) electrons. The summed E-state index contributed by atoms with van der Waals surface area (Å²) in [5, 5.41) is 14.6. The van der Waals surface area contributed by atoms with Crippen LogP contribution in [0.3, 0.4) is 0 Å². The first-order valence-electron chi connectivity index (χ1n) is 18.7. The number of rotatable bonds is 22. The summed E-state index contributed by atoms with van der Waals surface area (Å²) in [4.78, 5) is 101. The summed E-state index contributed by atoms with van der Waals surface area (Å²) in [6.07, 6.45) is -1.32. The Labute approximate surface area is 346 Å². The first kappa shape index (κ1) is 46.9. The number of thioether (sulfide) groups is 1. The summed E-state index contributed by atoms with van der Waals surface area (Å²) >= 11 is 0.682. The van der Waals surface area contributed by atoms with E-state index in [2.05, 4.69) is 31.9 Å². The summed E-state index contributed by atoms with van der Waals surface area (Å²) in [5.74, 6) is -3.50. The molecule has 0 aromatic heterocycles. The number of nitrogens with one attached hydrogen (secondary N) is 6. The molecular formula is C41H50N6O11S. The number of amides is 6. The molecule has 0 aliphatic rings. The minimum atomic E-state index is -1.27. The molecular weight excluding hydrogens is 785 g/mol. The van der Waals surface area contributed by atoms with Crippen molar-refractivity contribution in [3.8, 4) is 0 Å². The average Bonchev–Trinajstić information content (AvgIpc) is 3.24. The van der Waals surface area contributed by atoms with Crippen molar-refractivity contribution in [2.24, 2.45) is 0 Å².